The van der Waals surface area contributed by atoms with Gasteiger partial charge in [-0.05, 0) is 51.5 Å². The summed E-state index contributed by atoms with van der Waals surface area (Å²) >= 11 is 0. The number of phenols is 1. The van der Waals surface area contributed by atoms with Gasteiger partial charge in [0.2, 0.25) is 0 Å². The molecular formula is C23H28N6O2. The maximum absolute atomic E-state index is 11.9. The van der Waals surface area contributed by atoms with Gasteiger partial charge in [-0.1, -0.05) is 6.07 Å². The minimum Gasteiger partial charge on any atom is -0.507 e. The lowest BCUT2D eigenvalue weighted by Gasteiger charge is -2.26. The quantitative estimate of drug-likeness (QED) is 0.670. The minimum atomic E-state index is -0.156. The van der Waals surface area contributed by atoms with Crippen LogP contribution in [0, 0.1) is 0 Å². The van der Waals surface area contributed by atoms with Gasteiger partial charge in [0.15, 0.2) is 5.82 Å². The Morgan fingerprint density at radius 3 is 2.55 bits per heavy atom. The van der Waals surface area contributed by atoms with Gasteiger partial charge < -0.3 is 19.9 Å². The Balaban J connectivity index is 1.50. The molecule has 2 aromatic heterocycles. The molecule has 3 heterocycles. The van der Waals surface area contributed by atoms with E-state index in [9.17, 15) is 9.90 Å². The van der Waals surface area contributed by atoms with Crippen LogP contribution in [0.25, 0.3) is 22.5 Å². The molecule has 1 fully saturated rings. The van der Waals surface area contributed by atoms with E-state index in [0.717, 1.165) is 25.3 Å². The van der Waals surface area contributed by atoms with Gasteiger partial charge in [-0.3, -0.25) is 4.79 Å². The molecule has 0 spiro atoms. The van der Waals surface area contributed by atoms with Crippen molar-refractivity contribution in [3.63, 3.8) is 0 Å². The molecule has 162 valence electrons. The summed E-state index contributed by atoms with van der Waals surface area (Å²) in [5, 5.41) is 22.9. The van der Waals surface area contributed by atoms with Crippen LogP contribution in [-0.4, -0.2) is 49.5 Å². The fraction of sp³-hybridized carbons (Fsp3) is 0.391. The summed E-state index contributed by atoms with van der Waals surface area (Å²) in [6.07, 6.45) is 2.53. The summed E-state index contributed by atoms with van der Waals surface area (Å²) in [4.78, 5) is 18.3. The number of aromatic nitrogens is 4. The molecule has 3 aromatic rings. The Kier molecular flexibility index (Phi) is 5.49. The average Bonchev–Trinajstić information content (AvgIpc) is 3.17. The number of rotatable bonds is 4. The fourth-order valence-corrected chi connectivity index (χ4v) is 3.86. The van der Waals surface area contributed by atoms with Crippen molar-refractivity contribution in [2.75, 3.05) is 18.0 Å². The maximum atomic E-state index is 11.9. The second kappa shape index (κ2) is 8.11. The van der Waals surface area contributed by atoms with E-state index in [4.69, 9.17) is 0 Å². The van der Waals surface area contributed by atoms with Crippen molar-refractivity contribution < 1.29 is 5.11 Å². The number of anilines is 1. The van der Waals surface area contributed by atoms with Crippen LogP contribution < -0.4 is 15.8 Å². The Labute approximate surface area is 181 Å². The first-order valence-electron chi connectivity index (χ1n) is 10.4. The molecule has 1 saturated heterocycles. The summed E-state index contributed by atoms with van der Waals surface area (Å²) < 4.78 is 1.40. The monoisotopic (exact) mass is 420 g/mol. The Hall–Kier alpha value is -3.26. The number of nitrogens with one attached hydrogen (secondary N) is 1. The zero-order valence-corrected chi connectivity index (χ0v) is 18.3. The average molecular weight is 421 g/mol. The van der Waals surface area contributed by atoms with Crippen LogP contribution >= 0.6 is 0 Å². The SMILES string of the molecule is Cn1cnc(-c2ccc(-c3ccc(N4CC[C@H](NC(C)(C)C)C4)nn3)c(O)c2)cc1=O. The molecule has 8 nitrogen and oxygen atoms in total. The Bertz CT molecular complexity index is 1130. The molecule has 4 rings (SSSR count). The van der Waals surface area contributed by atoms with Crippen molar-refractivity contribution in [3.8, 4) is 28.3 Å². The third-order valence-corrected chi connectivity index (χ3v) is 5.35. The van der Waals surface area contributed by atoms with Crippen LogP contribution in [0.2, 0.25) is 0 Å². The minimum absolute atomic E-state index is 0.0673. The maximum Gasteiger partial charge on any atom is 0.253 e. The third-order valence-electron chi connectivity index (χ3n) is 5.35. The number of aryl methyl sites for hydroxylation is 1. The van der Waals surface area contributed by atoms with Crippen LogP contribution in [-0.2, 0) is 7.05 Å². The summed E-state index contributed by atoms with van der Waals surface area (Å²) in [5.41, 5.74) is 2.28. The van der Waals surface area contributed by atoms with Gasteiger partial charge in [0.25, 0.3) is 5.56 Å². The highest BCUT2D eigenvalue weighted by Crippen LogP contribution is 2.32. The van der Waals surface area contributed by atoms with E-state index in [1.54, 1.807) is 19.2 Å². The molecule has 2 N–H and O–H groups in total. The van der Waals surface area contributed by atoms with E-state index in [2.05, 4.69) is 46.2 Å². The number of hydrogen-bond acceptors (Lipinski definition) is 7. The fourth-order valence-electron chi connectivity index (χ4n) is 3.86. The molecule has 31 heavy (non-hydrogen) atoms. The summed E-state index contributed by atoms with van der Waals surface area (Å²) in [5.74, 6) is 0.903. The first-order chi connectivity index (χ1) is 14.7. The van der Waals surface area contributed by atoms with E-state index in [1.165, 1.54) is 17.0 Å². The molecule has 0 saturated carbocycles. The number of benzene rings is 1. The molecule has 1 aromatic carbocycles. The zero-order valence-electron chi connectivity index (χ0n) is 18.3. The predicted molar refractivity (Wildman–Crippen MR) is 121 cm³/mol. The number of hydrogen-bond donors (Lipinski definition) is 2. The van der Waals surface area contributed by atoms with Crippen LogP contribution in [0.3, 0.4) is 0 Å². The van der Waals surface area contributed by atoms with Crippen molar-refractivity contribution in [1.82, 2.24) is 25.1 Å². The van der Waals surface area contributed by atoms with E-state index >= 15 is 0 Å². The van der Waals surface area contributed by atoms with Gasteiger partial charge in [0.1, 0.15) is 5.75 Å². The van der Waals surface area contributed by atoms with Crippen LogP contribution in [0.15, 0.2) is 47.5 Å². The Morgan fingerprint density at radius 1 is 1.10 bits per heavy atom. The molecule has 1 aliphatic heterocycles. The molecular weight excluding hydrogens is 392 g/mol. The lowest BCUT2D eigenvalue weighted by Crippen LogP contribution is -2.45. The predicted octanol–water partition coefficient (Wildman–Crippen LogP) is 2.58. The lowest BCUT2D eigenvalue weighted by atomic mass is 10.1. The molecule has 0 amide bonds. The van der Waals surface area contributed by atoms with E-state index in [-0.39, 0.29) is 16.8 Å². The van der Waals surface area contributed by atoms with E-state index in [1.807, 2.05) is 18.2 Å². The topological polar surface area (TPSA) is 96.2 Å². The second-order valence-corrected chi connectivity index (χ2v) is 9.06. The number of nitrogens with zero attached hydrogens (tertiary/aromatic N) is 5. The van der Waals surface area contributed by atoms with Crippen LogP contribution in [0.1, 0.15) is 27.2 Å². The summed E-state index contributed by atoms with van der Waals surface area (Å²) in [7, 11) is 1.64. The molecule has 0 aliphatic carbocycles. The largest absolute Gasteiger partial charge is 0.507 e. The van der Waals surface area contributed by atoms with Crippen LogP contribution in [0.5, 0.6) is 5.75 Å². The normalized spacial score (nSPS) is 16.6. The molecule has 0 unspecified atom stereocenters. The lowest BCUT2D eigenvalue weighted by molar-refractivity contribution is 0.373. The Morgan fingerprint density at radius 2 is 1.90 bits per heavy atom. The van der Waals surface area contributed by atoms with Crippen molar-refractivity contribution in [2.24, 2.45) is 7.05 Å². The molecule has 8 heteroatoms. The molecule has 1 aliphatic rings. The summed E-state index contributed by atoms with van der Waals surface area (Å²) in [6.45, 7) is 8.36. The first-order valence-corrected chi connectivity index (χ1v) is 10.4. The molecule has 0 radical (unpaired) electrons. The van der Waals surface area contributed by atoms with Gasteiger partial charge in [0, 0.05) is 48.9 Å². The number of aromatic hydroxyl groups is 1. The van der Waals surface area contributed by atoms with Crippen LogP contribution in [0.4, 0.5) is 5.82 Å². The van der Waals surface area contributed by atoms with Gasteiger partial charge in [-0.25, -0.2) is 4.98 Å². The third kappa shape index (κ3) is 4.74. The first kappa shape index (κ1) is 21.0. The van der Waals surface area contributed by atoms with E-state index in [0.29, 0.717) is 28.6 Å². The van der Waals surface area contributed by atoms with Gasteiger partial charge >= 0.3 is 0 Å². The highest BCUT2D eigenvalue weighted by Gasteiger charge is 2.26. The van der Waals surface area contributed by atoms with Crippen molar-refractivity contribution in [1.29, 1.82) is 0 Å². The summed E-state index contributed by atoms with van der Waals surface area (Å²) in [6, 6.07) is 10.9. The zero-order chi connectivity index (χ0) is 22.2. The molecule has 1 atom stereocenters. The highest BCUT2D eigenvalue weighted by molar-refractivity contribution is 5.73. The number of phenolic OH excluding ortho intramolecular Hbond substituents is 1. The second-order valence-electron chi connectivity index (χ2n) is 9.06. The van der Waals surface area contributed by atoms with Crippen molar-refractivity contribution in [2.45, 2.75) is 38.8 Å². The standard InChI is InChI=1S/C23H28N6O2/c1-23(2,3)25-16-9-10-29(13-16)21-8-7-18(26-27-21)17-6-5-15(11-20(17)30)19-12-22(31)28(4)14-24-19/h5-8,11-12,14,16,25,30H,9-10,13H2,1-4H3/t16-/m0/s1. The van der Waals surface area contributed by atoms with Gasteiger partial charge in [-0.2, -0.15) is 0 Å². The molecule has 0 bridgehead atoms. The van der Waals surface area contributed by atoms with Crippen molar-refractivity contribution >= 4 is 5.82 Å². The van der Waals surface area contributed by atoms with Gasteiger partial charge in [-0.15, -0.1) is 10.2 Å². The highest BCUT2D eigenvalue weighted by atomic mass is 16.3. The smallest absolute Gasteiger partial charge is 0.253 e. The van der Waals surface area contributed by atoms with E-state index < -0.39 is 0 Å². The van der Waals surface area contributed by atoms with Gasteiger partial charge in [0.05, 0.1) is 17.7 Å². The van der Waals surface area contributed by atoms with Crippen molar-refractivity contribution in [3.05, 3.63) is 53.1 Å².